The summed E-state index contributed by atoms with van der Waals surface area (Å²) in [5, 5.41) is 11.7. The number of nitrogens with zero attached hydrogens (tertiary/aromatic N) is 1. The number of aliphatic carboxylic acids is 1. The van der Waals surface area contributed by atoms with Crippen LogP contribution in [0.3, 0.4) is 0 Å². The Morgan fingerprint density at radius 2 is 2.07 bits per heavy atom. The highest BCUT2D eigenvalue weighted by Crippen LogP contribution is 2.50. The molecular formula is C18H18N2O6S. The van der Waals surface area contributed by atoms with Crippen LogP contribution in [0, 0.1) is 0 Å². The molecule has 0 spiro atoms. The van der Waals surface area contributed by atoms with E-state index >= 15 is 0 Å². The molecule has 2 N–H and O–H groups in total. The van der Waals surface area contributed by atoms with Gasteiger partial charge in [-0.3, -0.25) is 9.59 Å². The van der Waals surface area contributed by atoms with E-state index in [-0.39, 0.29) is 18.1 Å². The standard InChI is InChI=1S/C18H18N2O6S/c1-18(2)14(17(23)24)20-15(22)13(16(20)27-18)19-12(21)6-4-9-3-5-10-11(7-9)26-8-25-10/h3-7,13-14,16H,8H2,1-2H3,(H,19,21)(H,23,24)/b6-4+/t13-,14+,16-/m1/s1. The molecule has 3 heterocycles. The van der Waals surface area contributed by atoms with E-state index in [0.29, 0.717) is 11.5 Å². The molecular weight excluding hydrogens is 372 g/mol. The minimum absolute atomic E-state index is 0.177. The smallest absolute Gasteiger partial charge is 0.327 e. The predicted molar refractivity (Wildman–Crippen MR) is 97.3 cm³/mol. The molecule has 3 aliphatic rings. The molecule has 8 nitrogen and oxygen atoms in total. The molecule has 0 unspecified atom stereocenters. The average Bonchev–Trinajstić information content (AvgIpc) is 3.17. The third-order valence-corrected chi connectivity index (χ3v) is 6.37. The summed E-state index contributed by atoms with van der Waals surface area (Å²) >= 11 is 1.39. The molecule has 0 radical (unpaired) electrons. The summed E-state index contributed by atoms with van der Waals surface area (Å²) in [6.45, 7) is 3.76. The third-order valence-electron chi connectivity index (χ3n) is 4.80. The van der Waals surface area contributed by atoms with Gasteiger partial charge in [0.25, 0.3) is 0 Å². The van der Waals surface area contributed by atoms with Crippen molar-refractivity contribution in [1.29, 1.82) is 0 Å². The molecule has 142 valence electrons. The van der Waals surface area contributed by atoms with Crippen LogP contribution in [0.15, 0.2) is 24.3 Å². The Bertz CT molecular complexity index is 867. The van der Waals surface area contributed by atoms with Crippen molar-refractivity contribution in [2.75, 3.05) is 6.79 Å². The zero-order chi connectivity index (χ0) is 19.3. The number of β-lactam (4-membered cyclic amide) rings is 1. The molecule has 2 fully saturated rings. The largest absolute Gasteiger partial charge is 0.480 e. The fourth-order valence-corrected chi connectivity index (χ4v) is 5.16. The first kappa shape index (κ1) is 17.7. The van der Waals surface area contributed by atoms with Gasteiger partial charge in [0, 0.05) is 10.8 Å². The van der Waals surface area contributed by atoms with Crippen molar-refractivity contribution in [3.8, 4) is 11.5 Å². The normalized spacial score (nSPS) is 27.4. The number of nitrogens with one attached hydrogen (secondary N) is 1. The molecule has 4 rings (SSSR count). The maximum atomic E-state index is 12.4. The monoisotopic (exact) mass is 390 g/mol. The van der Waals surface area contributed by atoms with Crippen LogP contribution in [0.2, 0.25) is 0 Å². The molecule has 2 amide bonds. The predicted octanol–water partition coefficient (Wildman–Crippen LogP) is 1.06. The van der Waals surface area contributed by atoms with Crippen molar-refractivity contribution in [1.82, 2.24) is 10.2 Å². The second-order valence-corrected chi connectivity index (χ2v) is 8.80. The zero-order valence-electron chi connectivity index (χ0n) is 14.7. The van der Waals surface area contributed by atoms with E-state index in [2.05, 4.69) is 5.32 Å². The number of ether oxygens (including phenoxy) is 2. The second-order valence-electron chi connectivity index (χ2n) is 7.03. The van der Waals surface area contributed by atoms with Crippen LogP contribution in [-0.4, -0.2) is 56.8 Å². The summed E-state index contributed by atoms with van der Waals surface area (Å²) in [6, 6.07) is 3.70. The van der Waals surface area contributed by atoms with Crippen molar-refractivity contribution >= 4 is 35.6 Å². The summed E-state index contributed by atoms with van der Waals surface area (Å²) in [7, 11) is 0. The lowest BCUT2D eigenvalue weighted by Crippen LogP contribution is -2.70. The molecule has 27 heavy (non-hydrogen) atoms. The van der Waals surface area contributed by atoms with Gasteiger partial charge in [-0.25, -0.2) is 4.79 Å². The zero-order valence-corrected chi connectivity index (χ0v) is 15.5. The first-order valence-electron chi connectivity index (χ1n) is 8.39. The van der Waals surface area contributed by atoms with Crippen LogP contribution in [0.1, 0.15) is 19.4 Å². The van der Waals surface area contributed by atoms with Crippen LogP contribution >= 0.6 is 11.8 Å². The lowest BCUT2D eigenvalue weighted by atomic mass is 9.96. The van der Waals surface area contributed by atoms with Gasteiger partial charge in [-0.05, 0) is 37.6 Å². The highest BCUT2D eigenvalue weighted by Gasteiger charge is 2.64. The number of fused-ring (bicyclic) bond motifs is 2. The van der Waals surface area contributed by atoms with E-state index in [4.69, 9.17) is 9.47 Å². The summed E-state index contributed by atoms with van der Waals surface area (Å²) < 4.78 is 9.91. The maximum Gasteiger partial charge on any atom is 0.327 e. The molecule has 0 aliphatic carbocycles. The molecule has 0 bridgehead atoms. The van der Waals surface area contributed by atoms with Gasteiger partial charge in [0.1, 0.15) is 17.5 Å². The van der Waals surface area contributed by atoms with Crippen LogP contribution in [0.4, 0.5) is 0 Å². The van der Waals surface area contributed by atoms with Gasteiger partial charge in [0.2, 0.25) is 18.6 Å². The topological polar surface area (TPSA) is 105 Å². The Kier molecular flexibility index (Phi) is 4.06. The number of hydrogen-bond acceptors (Lipinski definition) is 6. The summed E-state index contributed by atoms with van der Waals surface area (Å²) in [5.74, 6) is -0.536. The van der Waals surface area contributed by atoms with Gasteiger partial charge >= 0.3 is 5.97 Å². The number of rotatable bonds is 4. The Morgan fingerprint density at radius 1 is 1.33 bits per heavy atom. The minimum atomic E-state index is -1.03. The second kappa shape index (κ2) is 6.19. The van der Waals surface area contributed by atoms with Crippen molar-refractivity contribution in [3.05, 3.63) is 29.8 Å². The molecule has 1 aromatic carbocycles. The summed E-state index contributed by atoms with van der Waals surface area (Å²) in [6.07, 6.45) is 2.96. The molecule has 0 aromatic heterocycles. The van der Waals surface area contributed by atoms with Gasteiger partial charge in [-0.1, -0.05) is 6.07 Å². The number of hydrogen-bond donors (Lipinski definition) is 2. The van der Waals surface area contributed by atoms with Crippen LogP contribution < -0.4 is 14.8 Å². The van der Waals surface area contributed by atoms with E-state index in [1.165, 1.54) is 22.7 Å². The Hall–Kier alpha value is -2.68. The van der Waals surface area contributed by atoms with Gasteiger partial charge in [0.15, 0.2) is 11.5 Å². The van der Waals surface area contributed by atoms with E-state index in [9.17, 15) is 19.5 Å². The van der Waals surface area contributed by atoms with Gasteiger partial charge in [0.05, 0.1) is 0 Å². The van der Waals surface area contributed by atoms with Crippen LogP contribution in [-0.2, 0) is 14.4 Å². The average molecular weight is 390 g/mol. The number of carboxylic acid groups (broad SMARTS) is 1. The highest BCUT2D eigenvalue weighted by atomic mass is 32.2. The van der Waals surface area contributed by atoms with Gasteiger partial charge in [-0.2, -0.15) is 0 Å². The first-order chi connectivity index (χ1) is 12.8. The van der Waals surface area contributed by atoms with Crippen molar-refractivity contribution in [3.63, 3.8) is 0 Å². The molecule has 9 heteroatoms. The number of carbonyl (C=O) groups excluding carboxylic acids is 2. The minimum Gasteiger partial charge on any atom is -0.480 e. The fraction of sp³-hybridized carbons (Fsp3) is 0.389. The Labute approximate surface area is 159 Å². The number of carboxylic acids is 1. The SMILES string of the molecule is CC1(C)S[C@@H]2[C@H](NC(=O)/C=C/c3ccc4c(c3)OCO4)C(=O)N2[C@H]1C(=O)O. The Morgan fingerprint density at radius 3 is 2.81 bits per heavy atom. The van der Waals surface area contributed by atoms with Gasteiger partial charge in [-0.15, -0.1) is 11.8 Å². The molecule has 3 atom stereocenters. The first-order valence-corrected chi connectivity index (χ1v) is 9.27. The van der Waals surface area contributed by atoms with E-state index in [1.54, 1.807) is 38.1 Å². The fourth-order valence-electron chi connectivity index (χ4n) is 3.54. The number of thioether (sulfide) groups is 1. The third kappa shape index (κ3) is 2.91. The van der Waals surface area contributed by atoms with Crippen LogP contribution in [0.25, 0.3) is 6.08 Å². The molecule has 2 saturated heterocycles. The summed E-state index contributed by atoms with van der Waals surface area (Å²) in [4.78, 5) is 37.4. The quantitative estimate of drug-likeness (QED) is 0.585. The van der Waals surface area contributed by atoms with Crippen LogP contribution in [0.5, 0.6) is 11.5 Å². The van der Waals surface area contributed by atoms with E-state index in [1.807, 2.05) is 0 Å². The summed E-state index contributed by atoms with van der Waals surface area (Å²) in [5.41, 5.74) is 0.762. The molecule has 3 aliphatic heterocycles. The number of benzene rings is 1. The van der Waals surface area contributed by atoms with Gasteiger partial charge < -0.3 is 24.8 Å². The number of carbonyl (C=O) groups is 3. The lowest BCUT2D eigenvalue weighted by molar-refractivity contribution is -0.160. The van der Waals surface area contributed by atoms with Crippen molar-refractivity contribution in [2.24, 2.45) is 0 Å². The lowest BCUT2D eigenvalue weighted by Gasteiger charge is -2.43. The molecule has 1 aromatic rings. The maximum absolute atomic E-state index is 12.4. The molecule has 0 saturated carbocycles. The van der Waals surface area contributed by atoms with Crippen molar-refractivity contribution in [2.45, 2.75) is 36.1 Å². The Balaban J connectivity index is 1.41. The van der Waals surface area contributed by atoms with E-state index in [0.717, 1.165) is 5.56 Å². The van der Waals surface area contributed by atoms with Crippen molar-refractivity contribution < 1.29 is 29.0 Å². The number of amides is 2. The van der Waals surface area contributed by atoms with E-state index < -0.39 is 28.7 Å². The highest BCUT2D eigenvalue weighted by molar-refractivity contribution is 8.01.